The van der Waals surface area contributed by atoms with E-state index in [1.54, 1.807) is 30.3 Å². The van der Waals surface area contributed by atoms with Crippen LogP contribution in [0.25, 0.3) is 11.0 Å². The van der Waals surface area contributed by atoms with Crippen molar-refractivity contribution < 1.29 is 9.59 Å². The van der Waals surface area contributed by atoms with Gasteiger partial charge in [-0.1, -0.05) is 51.4 Å². The number of nitrogens with zero attached hydrogens (tertiary/aromatic N) is 3. The van der Waals surface area contributed by atoms with E-state index < -0.39 is 0 Å². The lowest BCUT2D eigenvalue weighted by atomic mass is 10.1. The molecular formula is C26H34ClN5O2. The van der Waals surface area contributed by atoms with Gasteiger partial charge in [0.1, 0.15) is 0 Å². The first-order valence-corrected chi connectivity index (χ1v) is 12.1. The van der Waals surface area contributed by atoms with Crippen LogP contribution >= 0.6 is 11.6 Å². The lowest BCUT2D eigenvalue weighted by Crippen LogP contribution is -2.37. The van der Waals surface area contributed by atoms with Crippen molar-refractivity contribution >= 4 is 40.4 Å². The zero-order valence-corrected chi connectivity index (χ0v) is 21.1. The molecular weight excluding hydrogens is 450 g/mol. The first kappa shape index (κ1) is 25.7. The number of nitrogens with two attached hydrogens (primary N) is 1. The van der Waals surface area contributed by atoms with Crippen LogP contribution in [0.1, 0.15) is 54.8 Å². The monoisotopic (exact) mass is 483 g/mol. The normalized spacial score (nSPS) is 11.4. The quantitative estimate of drug-likeness (QED) is 0.422. The molecule has 7 nitrogen and oxygen atoms in total. The maximum absolute atomic E-state index is 13.4. The number of rotatable bonds is 10. The van der Waals surface area contributed by atoms with Gasteiger partial charge in [-0.15, -0.1) is 0 Å². The van der Waals surface area contributed by atoms with E-state index in [0.29, 0.717) is 72.1 Å². The van der Waals surface area contributed by atoms with Crippen molar-refractivity contribution in [2.24, 2.45) is 17.6 Å². The number of halogens is 1. The maximum atomic E-state index is 13.4. The van der Waals surface area contributed by atoms with Crippen LogP contribution in [0.15, 0.2) is 42.5 Å². The van der Waals surface area contributed by atoms with Gasteiger partial charge >= 0.3 is 0 Å². The summed E-state index contributed by atoms with van der Waals surface area (Å²) in [7, 11) is 0. The van der Waals surface area contributed by atoms with E-state index in [9.17, 15) is 9.59 Å². The summed E-state index contributed by atoms with van der Waals surface area (Å²) in [6.07, 6.45) is 0.700. The lowest BCUT2D eigenvalue weighted by molar-refractivity contribution is 0.0715. The summed E-state index contributed by atoms with van der Waals surface area (Å²) in [5.74, 6) is 0.796. The topological polar surface area (TPSA) is 93.2 Å². The molecule has 0 spiro atoms. The number of carbonyl (C=O) groups is 2. The molecule has 0 aliphatic heterocycles. The molecule has 0 aliphatic rings. The minimum atomic E-state index is -0.341. The van der Waals surface area contributed by atoms with Crippen molar-refractivity contribution in [3.63, 3.8) is 0 Å². The highest BCUT2D eigenvalue weighted by molar-refractivity contribution is 6.34. The number of hydrogen-bond donors (Lipinski definition) is 2. The number of aryl methyl sites for hydroxylation is 1. The summed E-state index contributed by atoms with van der Waals surface area (Å²) in [6, 6.07) is 12.4. The highest BCUT2D eigenvalue weighted by Gasteiger charge is 2.21. The number of carbonyl (C=O) groups excluding carboxylic acids is 2. The molecule has 0 saturated heterocycles. The van der Waals surface area contributed by atoms with Gasteiger partial charge < -0.3 is 15.2 Å². The van der Waals surface area contributed by atoms with Crippen molar-refractivity contribution in [2.75, 3.05) is 25.0 Å². The molecule has 8 heteroatoms. The molecule has 0 radical (unpaired) electrons. The Morgan fingerprint density at radius 2 is 1.76 bits per heavy atom. The largest absolute Gasteiger partial charge is 0.338 e. The molecule has 1 aromatic heterocycles. The summed E-state index contributed by atoms with van der Waals surface area (Å²) in [6.45, 7) is 10.9. The van der Waals surface area contributed by atoms with Gasteiger partial charge in [0, 0.05) is 25.2 Å². The SMILES string of the molecule is CC(C)CN(CC(C)C)C(=O)c1ccc2nc(NC(=O)c3ccccc3Cl)n(CCCN)c2c1. The molecule has 0 aliphatic carbocycles. The number of aromatic nitrogens is 2. The van der Waals surface area contributed by atoms with Gasteiger partial charge in [-0.3, -0.25) is 14.9 Å². The van der Waals surface area contributed by atoms with Crippen molar-refractivity contribution in [2.45, 2.75) is 40.7 Å². The number of nitrogens with one attached hydrogen (secondary N) is 1. The second kappa shape index (κ2) is 11.5. The number of imidazole rings is 1. The third-order valence-corrected chi connectivity index (χ3v) is 5.71. The Hall–Kier alpha value is -2.90. The van der Waals surface area contributed by atoms with E-state index in [-0.39, 0.29) is 11.8 Å². The van der Waals surface area contributed by atoms with E-state index in [2.05, 4.69) is 38.0 Å². The average Bonchev–Trinajstić information content (AvgIpc) is 3.12. The molecule has 3 aromatic rings. The van der Waals surface area contributed by atoms with E-state index >= 15 is 0 Å². The Kier molecular flexibility index (Phi) is 8.69. The Bertz CT molecular complexity index is 1150. The van der Waals surface area contributed by atoms with Crippen molar-refractivity contribution in [1.29, 1.82) is 0 Å². The minimum Gasteiger partial charge on any atom is -0.338 e. The molecule has 1 heterocycles. The zero-order valence-electron chi connectivity index (χ0n) is 20.3. The van der Waals surface area contributed by atoms with Crippen LogP contribution < -0.4 is 11.1 Å². The van der Waals surface area contributed by atoms with Gasteiger partial charge in [0.25, 0.3) is 11.8 Å². The molecule has 0 saturated carbocycles. The van der Waals surface area contributed by atoms with Gasteiger partial charge in [0.05, 0.1) is 21.6 Å². The average molecular weight is 484 g/mol. The Labute approximate surface area is 206 Å². The molecule has 3 N–H and O–H groups in total. The molecule has 0 fully saturated rings. The Morgan fingerprint density at radius 3 is 2.38 bits per heavy atom. The molecule has 0 atom stereocenters. The fourth-order valence-corrected chi connectivity index (χ4v) is 4.17. The fraction of sp³-hybridized carbons (Fsp3) is 0.423. The minimum absolute atomic E-state index is 0.00229. The second-order valence-corrected chi connectivity index (χ2v) is 9.77. The maximum Gasteiger partial charge on any atom is 0.259 e. The van der Waals surface area contributed by atoms with Crippen LogP contribution in [0, 0.1) is 11.8 Å². The summed E-state index contributed by atoms with van der Waals surface area (Å²) < 4.78 is 1.91. The summed E-state index contributed by atoms with van der Waals surface area (Å²) in [5.41, 5.74) is 8.21. The molecule has 3 rings (SSSR count). The van der Waals surface area contributed by atoms with E-state index in [4.69, 9.17) is 17.3 Å². The number of hydrogen-bond acceptors (Lipinski definition) is 4. The van der Waals surface area contributed by atoms with E-state index in [1.807, 2.05) is 21.6 Å². The van der Waals surface area contributed by atoms with Crippen molar-refractivity contribution in [3.8, 4) is 0 Å². The van der Waals surface area contributed by atoms with Crippen LogP contribution in [0.2, 0.25) is 5.02 Å². The smallest absolute Gasteiger partial charge is 0.259 e. The molecule has 0 unspecified atom stereocenters. The third-order valence-electron chi connectivity index (χ3n) is 5.38. The van der Waals surface area contributed by atoms with Gasteiger partial charge in [0.15, 0.2) is 0 Å². The van der Waals surface area contributed by atoms with Crippen LogP contribution in [-0.4, -0.2) is 45.9 Å². The van der Waals surface area contributed by atoms with Gasteiger partial charge in [-0.2, -0.15) is 0 Å². The first-order chi connectivity index (χ1) is 16.2. The van der Waals surface area contributed by atoms with E-state index in [0.717, 1.165) is 5.52 Å². The third kappa shape index (κ3) is 6.15. The predicted octanol–water partition coefficient (Wildman–Crippen LogP) is 5.05. The molecule has 34 heavy (non-hydrogen) atoms. The van der Waals surface area contributed by atoms with Crippen molar-refractivity contribution in [3.05, 3.63) is 58.6 Å². The summed E-state index contributed by atoms with van der Waals surface area (Å²) >= 11 is 6.20. The van der Waals surface area contributed by atoms with Gasteiger partial charge in [-0.05, 0) is 55.1 Å². The number of fused-ring (bicyclic) bond motifs is 1. The fourth-order valence-electron chi connectivity index (χ4n) is 3.95. The van der Waals surface area contributed by atoms with Gasteiger partial charge in [-0.25, -0.2) is 4.98 Å². The second-order valence-electron chi connectivity index (χ2n) is 9.36. The highest BCUT2D eigenvalue weighted by Crippen LogP contribution is 2.24. The standard InChI is InChI=1S/C26H34ClN5O2/c1-17(2)15-31(16-18(3)4)25(34)19-10-11-22-23(14-19)32(13-7-12-28)26(29-22)30-24(33)20-8-5-6-9-21(20)27/h5-6,8-11,14,17-18H,7,12-13,15-16,28H2,1-4H3,(H,29,30,33). The lowest BCUT2D eigenvalue weighted by Gasteiger charge is -2.26. The van der Waals surface area contributed by atoms with Gasteiger partial charge in [0.2, 0.25) is 5.95 Å². The zero-order chi connectivity index (χ0) is 24.8. The number of amides is 2. The summed E-state index contributed by atoms with van der Waals surface area (Å²) in [5, 5.41) is 3.25. The van der Waals surface area contributed by atoms with Crippen LogP contribution in [0.4, 0.5) is 5.95 Å². The van der Waals surface area contributed by atoms with Crippen LogP contribution in [0.3, 0.4) is 0 Å². The Morgan fingerprint density at radius 1 is 1.09 bits per heavy atom. The number of anilines is 1. The van der Waals surface area contributed by atoms with Crippen molar-refractivity contribution in [1.82, 2.24) is 14.5 Å². The number of benzene rings is 2. The van der Waals surface area contributed by atoms with E-state index in [1.165, 1.54) is 0 Å². The Balaban J connectivity index is 1.98. The molecule has 0 bridgehead atoms. The molecule has 2 aromatic carbocycles. The highest BCUT2D eigenvalue weighted by atomic mass is 35.5. The van der Waals surface area contributed by atoms with Crippen LogP contribution in [-0.2, 0) is 6.54 Å². The first-order valence-electron chi connectivity index (χ1n) is 11.8. The summed E-state index contributed by atoms with van der Waals surface area (Å²) in [4.78, 5) is 32.8. The predicted molar refractivity (Wildman–Crippen MR) is 138 cm³/mol. The van der Waals surface area contributed by atoms with Crippen LogP contribution in [0.5, 0.6) is 0 Å². The molecule has 182 valence electrons. The molecule has 2 amide bonds.